The molecule has 0 aliphatic rings. The minimum atomic E-state index is -0.467. The lowest BCUT2D eigenvalue weighted by molar-refractivity contribution is 0.412. The van der Waals surface area contributed by atoms with Crippen molar-refractivity contribution < 1.29 is 13.8 Å². The first-order chi connectivity index (χ1) is 9.06. The third-order valence-electron chi connectivity index (χ3n) is 3.08. The Kier molecular flexibility index (Phi) is 3.79. The molecule has 2 radical (unpaired) electrons. The Balaban J connectivity index is 2.50. The highest BCUT2D eigenvalue weighted by atomic mass is 19.1. The standard InChI is InChI=1S/C15H14BFO2/c1-9-6-11(4-5-14(9)18-3)12-7-10(2)15(19-16)13(17)8-12/h4-8H,1-3H3. The summed E-state index contributed by atoms with van der Waals surface area (Å²) in [6, 6.07) is 8.97. The summed E-state index contributed by atoms with van der Waals surface area (Å²) in [5.74, 6) is 0.419. The second-order valence-electron chi connectivity index (χ2n) is 4.41. The van der Waals surface area contributed by atoms with Crippen LogP contribution in [0.1, 0.15) is 11.1 Å². The second kappa shape index (κ2) is 5.35. The van der Waals surface area contributed by atoms with E-state index in [0.717, 1.165) is 22.4 Å². The summed E-state index contributed by atoms with van der Waals surface area (Å²) >= 11 is 0. The van der Waals surface area contributed by atoms with E-state index in [0.29, 0.717) is 5.56 Å². The maximum Gasteiger partial charge on any atom is 0.374 e. The summed E-state index contributed by atoms with van der Waals surface area (Å²) in [6.07, 6.45) is 0. The van der Waals surface area contributed by atoms with E-state index in [1.165, 1.54) is 6.07 Å². The van der Waals surface area contributed by atoms with Gasteiger partial charge in [-0.05, 0) is 60.4 Å². The van der Waals surface area contributed by atoms with Crippen molar-refractivity contribution >= 4 is 8.05 Å². The van der Waals surface area contributed by atoms with Crippen molar-refractivity contribution in [3.63, 3.8) is 0 Å². The number of hydrogen-bond acceptors (Lipinski definition) is 2. The maximum absolute atomic E-state index is 13.8. The van der Waals surface area contributed by atoms with Crippen LogP contribution in [0.25, 0.3) is 11.1 Å². The summed E-state index contributed by atoms with van der Waals surface area (Å²) in [5, 5.41) is 0. The number of halogens is 1. The summed E-state index contributed by atoms with van der Waals surface area (Å²) in [7, 11) is 6.67. The van der Waals surface area contributed by atoms with Gasteiger partial charge in [-0.15, -0.1) is 0 Å². The van der Waals surface area contributed by atoms with Gasteiger partial charge in [0.2, 0.25) is 0 Å². The first kappa shape index (κ1) is 13.5. The zero-order valence-corrected chi connectivity index (χ0v) is 11.2. The highest BCUT2D eigenvalue weighted by molar-refractivity contribution is 6.00. The van der Waals surface area contributed by atoms with Crippen LogP contribution in [0.4, 0.5) is 4.39 Å². The molecule has 0 amide bonds. The van der Waals surface area contributed by atoms with E-state index in [2.05, 4.69) is 4.65 Å². The molecule has 2 aromatic rings. The summed E-state index contributed by atoms with van der Waals surface area (Å²) < 4.78 is 23.6. The number of benzene rings is 2. The smallest absolute Gasteiger partial charge is 0.374 e. The molecule has 0 aliphatic carbocycles. The average Bonchev–Trinajstić information content (AvgIpc) is 2.38. The number of hydrogen-bond donors (Lipinski definition) is 0. The molecule has 2 aromatic carbocycles. The normalized spacial score (nSPS) is 10.3. The molecule has 0 spiro atoms. The third kappa shape index (κ3) is 2.57. The van der Waals surface area contributed by atoms with Crippen molar-refractivity contribution in [2.45, 2.75) is 13.8 Å². The van der Waals surface area contributed by atoms with Crippen LogP contribution in [0.2, 0.25) is 0 Å². The fourth-order valence-electron chi connectivity index (χ4n) is 2.10. The lowest BCUT2D eigenvalue weighted by Crippen LogP contribution is -1.94. The van der Waals surface area contributed by atoms with Crippen molar-refractivity contribution in [3.05, 3.63) is 47.3 Å². The topological polar surface area (TPSA) is 18.5 Å². The van der Waals surface area contributed by atoms with Crippen molar-refractivity contribution in [1.29, 1.82) is 0 Å². The van der Waals surface area contributed by atoms with Gasteiger partial charge in [-0.3, -0.25) is 0 Å². The van der Waals surface area contributed by atoms with Crippen LogP contribution in [0.15, 0.2) is 30.3 Å². The Morgan fingerprint density at radius 3 is 2.21 bits per heavy atom. The molecule has 0 aromatic heterocycles. The SMILES string of the molecule is [B]Oc1c(C)cc(-c2ccc(OC)c(C)c2)cc1F. The fourth-order valence-corrected chi connectivity index (χ4v) is 2.10. The van der Waals surface area contributed by atoms with Gasteiger partial charge in [0, 0.05) is 0 Å². The highest BCUT2D eigenvalue weighted by Crippen LogP contribution is 2.31. The number of rotatable bonds is 3. The highest BCUT2D eigenvalue weighted by Gasteiger charge is 2.10. The van der Waals surface area contributed by atoms with Crippen LogP contribution in [-0.4, -0.2) is 15.2 Å². The Labute approximate surface area is 113 Å². The maximum atomic E-state index is 13.8. The Bertz CT molecular complexity index is 588. The molecule has 0 bridgehead atoms. The molecule has 0 N–H and O–H groups in total. The molecular formula is C15H14BFO2. The predicted octanol–water partition coefficient (Wildman–Crippen LogP) is 3.58. The predicted molar refractivity (Wildman–Crippen MR) is 74.2 cm³/mol. The van der Waals surface area contributed by atoms with Gasteiger partial charge in [0.25, 0.3) is 0 Å². The van der Waals surface area contributed by atoms with Crippen molar-refractivity contribution in [2.75, 3.05) is 7.11 Å². The molecule has 0 heterocycles. The zero-order chi connectivity index (χ0) is 14.0. The van der Waals surface area contributed by atoms with Crippen LogP contribution >= 0.6 is 0 Å². The molecule has 4 heteroatoms. The lowest BCUT2D eigenvalue weighted by Gasteiger charge is -2.11. The van der Waals surface area contributed by atoms with Crippen molar-refractivity contribution in [1.82, 2.24) is 0 Å². The van der Waals surface area contributed by atoms with Crippen LogP contribution in [0.5, 0.6) is 11.5 Å². The Hall–Kier alpha value is -1.97. The number of aryl methyl sites for hydroxylation is 2. The number of ether oxygens (including phenoxy) is 1. The van der Waals surface area contributed by atoms with E-state index in [4.69, 9.17) is 12.8 Å². The molecule has 0 fully saturated rings. The molecule has 2 nitrogen and oxygen atoms in total. The van der Waals surface area contributed by atoms with Crippen LogP contribution in [-0.2, 0) is 0 Å². The van der Waals surface area contributed by atoms with E-state index in [1.54, 1.807) is 14.0 Å². The lowest BCUT2D eigenvalue weighted by atomic mass is 10.0. The minimum Gasteiger partial charge on any atom is -0.566 e. The van der Waals surface area contributed by atoms with Gasteiger partial charge in [0.15, 0.2) is 5.82 Å². The quantitative estimate of drug-likeness (QED) is 0.781. The summed E-state index contributed by atoms with van der Waals surface area (Å²) in [6.45, 7) is 3.70. The van der Waals surface area contributed by atoms with Gasteiger partial charge >= 0.3 is 8.05 Å². The van der Waals surface area contributed by atoms with Gasteiger partial charge in [0.05, 0.1) is 7.11 Å². The zero-order valence-electron chi connectivity index (χ0n) is 11.2. The molecular weight excluding hydrogens is 242 g/mol. The first-order valence-corrected chi connectivity index (χ1v) is 5.88. The van der Waals surface area contributed by atoms with E-state index < -0.39 is 5.82 Å². The van der Waals surface area contributed by atoms with Gasteiger partial charge in [-0.25, -0.2) is 4.39 Å². The molecule has 19 heavy (non-hydrogen) atoms. The monoisotopic (exact) mass is 256 g/mol. The molecule has 0 atom stereocenters. The van der Waals surface area contributed by atoms with Crippen LogP contribution < -0.4 is 9.39 Å². The third-order valence-corrected chi connectivity index (χ3v) is 3.08. The fraction of sp³-hybridized carbons (Fsp3) is 0.200. The summed E-state index contributed by atoms with van der Waals surface area (Å²) in [5.41, 5.74) is 3.36. The molecule has 0 unspecified atom stereocenters. The van der Waals surface area contributed by atoms with Gasteiger partial charge in [-0.1, -0.05) is 6.07 Å². The molecule has 0 saturated carbocycles. The second-order valence-corrected chi connectivity index (χ2v) is 4.41. The summed E-state index contributed by atoms with van der Waals surface area (Å²) in [4.78, 5) is 0. The largest absolute Gasteiger partial charge is 0.566 e. The van der Waals surface area contributed by atoms with E-state index in [1.807, 2.05) is 31.2 Å². The minimum absolute atomic E-state index is 0.0778. The molecule has 0 saturated heterocycles. The van der Waals surface area contributed by atoms with E-state index >= 15 is 0 Å². The van der Waals surface area contributed by atoms with Crippen LogP contribution in [0, 0.1) is 19.7 Å². The van der Waals surface area contributed by atoms with Crippen molar-refractivity contribution in [2.24, 2.45) is 0 Å². The molecule has 0 aliphatic heterocycles. The van der Waals surface area contributed by atoms with Gasteiger partial charge in [0.1, 0.15) is 11.5 Å². The first-order valence-electron chi connectivity index (χ1n) is 5.88. The number of methoxy groups -OCH3 is 1. The Morgan fingerprint density at radius 1 is 1.00 bits per heavy atom. The average molecular weight is 256 g/mol. The van der Waals surface area contributed by atoms with Crippen molar-refractivity contribution in [3.8, 4) is 22.6 Å². The Morgan fingerprint density at radius 2 is 1.68 bits per heavy atom. The van der Waals surface area contributed by atoms with Gasteiger partial charge < -0.3 is 9.39 Å². The van der Waals surface area contributed by atoms with Crippen LogP contribution in [0.3, 0.4) is 0 Å². The molecule has 2 rings (SSSR count). The molecule has 96 valence electrons. The van der Waals surface area contributed by atoms with E-state index in [9.17, 15) is 4.39 Å². The van der Waals surface area contributed by atoms with Gasteiger partial charge in [-0.2, -0.15) is 0 Å². The van der Waals surface area contributed by atoms with E-state index in [-0.39, 0.29) is 5.75 Å².